The lowest BCUT2D eigenvalue weighted by atomic mass is 10.1. The van der Waals surface area contributed by atoms with Crippen LogP contribution in [0.2, 0.25) is 0 Å². The lowest BCUT2D eigenvalue weighted by Gasteiger charge is -2.03. The van der Waals surface area contributed by atoms with E-state index in [0.717, 1.165) is 12.2 Å². The standard InChI is InChI=1S/C13H14N2/c1-14-10-13-9-12(7-8-15-13)11-5-3-2-4-6-11/h2-9,14H,10H2,1H3. The van der Waals surface area contributed by atoms with Gasteiger partial charge in [-0.2, -0.15) is 0 Å². The average Bonchev–Trinajstić information content (AvgIpc) is 2.31. The smallest absolute Gasteiger partial charge is 0.0547 e. The maximum atomic E-state index is 4.29. The van der Waals surface area contributed by atoms with Crippen molar-refractivity contribution >= 4 is 0 Å². The number of pyridine rings is 1. The van der Waals surface area contributed by atoms with Crippen molar-refractivity contribution in [3.05, 3.63) is 54.4 Å². The highest BCUT2D eigenvalue weighted by atomic mass is 14.8. The van der Waals surface area contributed by atoms with E-state index in [-0.39, 0.29) is 0 Å². The molecule has 0 amide bonds. The maximum absolute atomic E-state index is 4.29. The van der Waals surface area contributed by atoms with Crippen LogP contribution in [-0.2, 0) is 6.54 Å². The predicted octanol–water partition coefficient (Wildman–Crippen LogP) is 2.47. The Kier molecular flexibility index (Phi) is 3.10. The molecule has 2 rings (SSSR count). The first-order chi connectivity index (χ1) is 7.40. The molecule has 1 aromatic heterocycles. The fourth-order valence-electron chi connectivity index (χ4n) is 1.57. The third kappa shape index (κ3) is 2.42. The van der Waals surface area contributed by atoms with Gasteiger partial charge in [0, 0.05) is 12.7 Å². The molecule has 0 spiro atoms. The van der Waals surface area contributed by atoms with Gasteiger partial charge < -0.3 is 5.32 Å². The zero-order chi connectivity index (χ0) is 10.5. The summed E-state index contributed by atoms with van der Waals surface area (Å²) in [6.45, 7) is 0.806. The van der Waals surface area contributed by atoms with Crippen molar-refractivity contribution < 1.29 is 0 Å². The summed E-state index contributed by atoms with van der Waals surface area (Å²) in [6, 6.07) is 14.5. The third-order valence-corrected chi connectivity index (χ3v) is 2.28. The van der Waals surface area contributed by atoms with Crippen molar-refractivity contribution in [1.82, 2.24) is 10.3 Å². The van der Waals surface area contributed by atoms with Crippen LogP contribution in [0.1, 0.15) is 5.69 Å². The van der Waals surface area contributed by atoms with Gasteiger partial charge in [0.1, 0.15) is 0 Å². The van der Waals surface area contributed by atoms with E-state index in [1.807, 2.05) is 37.5 Å². The van der Waals surface area contributed by atoms with E-state index < -0.39 is 0 Å². The molecule has 15 heavy (non-hydrogen) atoms. The van der Waals surface area contributed by atoms with Gasteiger partial charge in [-0.1, -0.05) is 30.3 Å². The van der Waals surface area contributed by atoms with Crippen LogP contribution in [0.15, 0.2) is 48.7 Å². The van der Waals surface area contributed by atoms with Gasteiger partial charge in [0.15, 0.2) is 0 Å². The Balaban J connectivity index is 2.33. The van der Waals surface area contributed by atoms with Gasteiger partial charge in [0.25, 0.3) is 0 Å². The van der Waals surface area contributed by atoms with Crippen LogP contribution in [0.4, 0.5) is 0 Å². The number of rotatable bonds is 3. The van der Waals surface area contributed by atoms with E-state index in [4.69, 9.17) is 0 Å². The second kappa shape index (κ2) is 4.71. The zero-order valence-corrected chi connectivity index (χ0v) is 8.77. The minimum atomic E-state index is 0.806. The van der Waals surface area contributed by atoms with E-state index in [1.165, 1.54) is 11.1 Å². The SMILES string of the molecule is CNCc1cc(-c2ccccc2)ccn1. The van der Waals surface area contributed by atoms with Gasteiger partial charge in [-0.3, -0.25) is 4.98 Å². The molecule has 0 fully saturated rings. The molecule has 0 bridgehead atoms. The van der Waals surface area contributed by atoms with Crippen molar-refractivity contribution in [1.29, 1.82) is 0 Å². The molecule has 2 heteroatoms. The van der Waals surface area contributed by atoms with E-state index in [1.54, 1.807) is 0 Å². The fraction of sp³-hybridized carbons (Fsp3) is 0.154. The van der Waals surface area contributed by atoms with Gasteiger partial charge in [-0.25, -0.2) is 0 Å². The van der Waals surface area contributed by atoms with Gasteiger partial charge in [0.05, 0.1) is 5.69 Å². The van der Waals surface area contributed by atoms with Crippen LogP contribution >= 0.6 is 0 Å². The molecule has 2 aromatic rings. The van der Waals surface area contributed by atoms with Crippen molar-refractivity contribution in [2.24, 2.45) is 0 Å². The van der Waals surface area contributed by atoms with Crippen molar-refractivity contribution in [2.45, 2.75) is 6.54 Å². The molecular formula is C13H14N2. The van der Waals surface area contributed by atoms with Crippen LogP contribution < -0.4 is 5.32 Å². The molecule has 1 aromatic carbocycles. The molecule has 0 aliphatic carbocycles. The summed E-state index contributed by atoms with van der Waals surface area (Å²) in [7, 11) is 1.93. The van der Waals surface area contributed by atoms with E-state index in [0.29, 0.717) is 0 Å². The minimum absolute atomic E-state index is 0.806. The predicted molar refractivity (Wildman–Crippen MR) is 62.4 cm³/mol. The molecule has 0 unspecified atom stereocenters. The van der Waals surface area contributed by atoms with E-state index in [9.17, 15) is 0 Å². The summed E-state index contributed by atoms with van der Waals surface area (Å²) in [4.78, 5) is 4.29. The normalized spacial score (nSPS) is 10.2. The van der Waals surface area contributed by atoms with Gasteiger partial charge in [0.2, 0.25) is 0 Å². The lowest BCUT2D eigenvalue weighted by Crippen LogP contribution is -2.06. The maximum Gasteiger partial charge on any atom is 0.0547 e. The monoisotopic (exact) mass is 198 g/mol. The summed E-state index contributed by atoms with van der Waals surface area (Å²) in [5.41, 5.74) is 3.52. The second-order valence-corrected chi connectivity index (χ2v) is 3.43. The first kappa shape index (κ1) is 9.87. The minimum Gasteiger partial charge on any atom is -0.314 e. The van der Waals surface area contributed by atoms with Crippen LogP contribution in [-0.4, -0.2) is 12.0 Å². The molecular weight excluding hydrogens is 184 g/mol. The number of hydrogen-bond donors (Lipinski definition) is 1. The number of nitrogens with zero attached hydrogens (tertiary/aromatic N) is 1. The highest BCUT2D eigenvalue weighted by molar-refractivity contribution is 5.63. The Labute approximate surface area is 90.0 Å². The highest BCUT2D eigenvalue weighted by Crippen LogP contribution is 2.18. The summed E-state index contributed by atoms with van der Waals surface area (Å²) in [5, 5.41) is 3.10. The molecule has 76 valence electrons. The second-order valence-electron chi connectivity index (χ2n) is 3.43. The quantitative estimate of drug-likeness (QED) is 0.819. The van der Waals surface area contributed by atoms with Crippen LogP contribution in [0.5, 0.6) is 0 Å². The fourth-order valence-corrected chi connectivity index (χ4v) is 1.57. The van der Waals surface area contributed by atoms with Gasteiger partial charge >= 0.3 is 0 Å². The van der Waals surface area contributed by atoms with Crippen LogP contribution in [0.25, 0.3) is 11.1 Å². The van der Waals surface area contributed by atoms with Crippen molar-refractivity contribution in [3.8, 4) is 11.1 Å². The van der Waals surface area contributed by atoms with Gasteiger partial charge in [-0.05, 0) is 30.3 Å². The summed E-state index contributed by atoms with van der Waals surface area (Å²) < 4.78 is 0. The average molecular weight is 198 g/mol. The van der Waals surface area contributed by atoms with Crippen LogP contribution in [0, 0.1) is 0 Å². The Morgan fingerprint density at radius 2 is 1.87 bits per heavy atom. The Bertz CT molecular complexity index is 424. The number of aromatic nitrogens is 1. The van der Waals surface area contributed by atoms with Crippen LogP contribution in [0.3, 0.4) is 0 Å². The third-order valence-electron chi connectivity index (χ3n) is 2.28. The van der Waals surface area contributed by atoms with E-state index >= 15 is 0 Å². The molecule has 1 heterocycles. The first-order valence-corrected chi connectivity index (χ1v) is 5.05. The van der Waals surface area contributed by atoms with Crippen molar-refractivity contribution in [2.75, 3.05) is 7.05 Å². The lowest BCUT2D eigenvalue weighted by molar-refractivity contribution is 0.791. The van der Waals surface area contributed by atoms with Crippen molar-refractivity contribution in [3.63, 3.8) is 0 Å². The Morgan fingerprint density at radius 3 is 2.60 bits per heavy atom. The molecule has 0 aliphatic heterocycles. The molecule has 2 nitrogen and oxygen atoms in total. The number of hydrogen-bond acceptors (Lipinski definition) is 2. The number of nitrogens with one attached hydrogen (secondary N) is 1. The van der Waals surface area contributed by atoms with E-state index in [2.05, 4.69) is 28.5 Å². The summed E-state index contributed by atoms with van der Waals surface area (Å²) >= 11 is 0. The molecule has 0 saturated heterocycles. The first-order valence-electron chi connectivity index (χ1n) is 5.05. The number of benzene rings is 1. The summed E-state index contributed by atoms with van der Waals surface area (Å²) in [6.07, 6.45) is 1.86. The Hall–Kier alpha value is -1.67. The molecule has 0 saturated carbocycles. The highest BCUT2D eigenvalue weighted by Gasteiger charge is 1.98. The Morgan fingerprint density at radius 1 is 1.07 bits per heavy atom. The zero-order valence-electron chi connectivity index (χ0n) is 8.77. The molecule has 1 N–H and O–H groups in total. The summed E-state index contributed by atoms with van der Waals surface area (Å²) in [5.74, 6) is 0. The molecule has 0 radical (unpaired) electrons. The molecule has 0 atom stereocenters. The molecule has 0 aliphatic rings. The van der Waals surface area contributed by atoms with Gasteiger partial charge in [-0.15, -0.1) is 0 Å². The largest absolute Gasteiger partial charge is 0.314 e. The topological polar surface area (TPSA) is 24.9 Å².